The molecule has 0 unspecified atom stereocenters. The van der Waals surface area contributed by atoms with Crippen LogP contribution in [0.1, 0.15) is 11.4 Å². The summed E-state index contributed by atoms with van der Waals surface area (Å²) in [5, 5.41) is 39.5. The van der Waals surface area contributed by atoms with Gasteiger partial charge in [0.15, 0.2) is 5.75 Å². The number of nitrogens with zero attached hydrogens (tertiary/aromatic N) is 6. The molecule has 19 nitrogen and oxygen atoms in total. The van der Waals surface area contributed by atoms with Gasteiger partial charge in [0.25, 0.3) is 30.4 Å². The molecule has 0 saturated carbocycles. The highest BCUT2D eigenvalue weighted by Gasteiger charge is 2.26. The zero-order chi connectivity index (χ0) is 34.9. The van der Waals surface area contributed by atoms with E-state index in [1.807, 2.05) is 0 Å². The van der Waals surface area contributed by atoms with Crippen LogP contribution in [0.25, 0.3) is 10.8 Å². The predicted octanol–water partition coefficient (Wildman–Crippen LogP) is 2.04. The second-order valence-corrected chi connectivity index (χ2v) is 14.0. The minimum atomic E-state index is -5.24. The zero-order valence-electron chi connectivity index (χ0n) is 24.3. The van der Waals surface area contributed by atoms with Crippen LogP contribution in [0.15, 0.2) is 61.3 Å². The SMILES string of the molecule is Cc1ccc(N=Nc2c(S(=O)(=O)O)cc3cc(S(=O)(=O)O)cc(Nc4nc(C)nc(N(CCO)CCO)n4)c3c2O)c(S(=O)(=O)O)c1. The van der Waals surface area contributed by atoms with E-state index in [0.29, 0.717) is 11.6 Å². The summed E-state index contributed by atoms with van der Waals surface area (Å²) >= 11 is 0. The number of phenols is 1. The summed E-state index contributed by atoms with van der Waals surface area (Å²) in [4.78, 5) is 11.3. The number of azo groups is 1. The Labute approximate surface area is 267 Å². The standard InChI is InChI=1S/C25H27N7O12S3/c1-13-3-4-17(19(9-13)46(39,40)41)30-31-22-20(47(42,43)44)11-15-10-16(45(36,37)38)12-18(21(15)23(22)35)28-24-26-14(2)27-25(29-24)32(5-7-33)6-8-34/h3-4,9-12,33-35H,5-8H2,1-2H3,(H,36,37,38)(H,39,40,41)(H,42,43,44)(H,26,27,28,29). The molecule has 3 aromatic carbocycles. The maximum absolute atomic E-state index is 12.4. The highest BCUT2D eigenvalue weighted by Crippen LogP contribution is 2.46. The number of aryl methyl sites for hydroxylation is 2. The number of aromatic nitrogens is 3. The first-order valence-electron chi connectivity index (χ1n) is 13.1. The van der Waals surface area contributed by atoms with Crippen molar-refractivity contribution in [3.05, 3.63) is 47.8 Å². The Hall–Kier alpha value is -4.42. The van der Waals surface area contributed by atoms with E-state index in [1.54, 1.807) is 0 Å². The third-order valence-electron chi connectivity index (χ3n) is 6.35. The lowest BCUT2D eigenvalue weighted by molar-refractivity contribution is 0.280. The summed E-state index contributed by atoms with van der Waals surface area (Å²) in [6.07, 6.45) is 0. The molecular formula is C25H27N7O12S3. The van der Waals surface area contributed by atoms with Crippen LogP contribution in [0.4, 0.5) is 29.0 Å². The van der Waals surface area contributed by atoms with Gasteiger partial charge in [0, 0.05) is 18.5 Å². The zero-order valence-corrected chi connectivity index (χ0v) is 26.8. The number of benzene rings is 3. The van der Waals surface area contributed by atoms with Crippen LogP contribution in [-0.2, 0) is 30.4 Å². The largest absolute Gasteiger partial charge is 0.505 e. The fraction of sp³-hybridized carbons (Fsp3) is 0.240. The smallest absolute Gasteiger partial charge is 0.296 e. The lowest BCUT2D eigenvalue weighted by Crippen LogP contribution is -2.31. The summed E-state index contributed by atoms with van der Waals surface area (Å²) in [5.74, 6) is -1.18. The minimum Gasteiger partial charge on any atom is -0.505 e. The third kappa shape index (κ3) is 8.12. The number of phenolic OH excluding ortho intramolecular Hbond substituents is 1. The number of hydrogen-bond donors (Lipinski definition) is 7. The average Bonchev–Trinajstić information content (AvgIpc) is 2.95. The Kier molecular flexibility index (Phi) is 10.1. The summed E-state index contributed by atoms with van der Waals surface area (Å²) in [6.45, 7) is 2.36. The van der Waals surface area contributed by atoms with Gasteiger partial charge in [-0.05, 0) is 55.1 Å². The van der Waals surface area contributed by atoms with Gasteiger partial charge < -0.3 is 25.5 Å². The van der Waals surface area contributed by atoms with Crippen molar-refractivity contribution in [3.8, 4) is 5.75 Å². The molecule has 4 aromatic rings. The Morgan fingerprint density at radius 2 is 1.43 bits per heavy atom. The van der Waals surface area contributed by atoms with E-state index in [-0.39, 0.29) is 60.5 Å². The van der Waals surface area contributed by atoms with Gasteiger partial charge in [-0.3, -0.25) is 13.7 Å². The lowest BCUT2D eigenvalue weighted by atomic mass is 10.1. The molecule has 0 aliphatic carbocycles. The second-order valence-electron chi connectivity index (χ2n) is 9.80. The molecule has 0 fully saturated rings. The van der Waals surface area contributed by atoms with E-state index in [0.717, 1.165) is 24.3 Å². The summed E-state index contributed by atoms with van der Waals surface area (Å²) in [6, 6.07) is 5.94. The monoisotopic (exact) mass is 713 g/mol. The summed E-state index contributed by atoms with van der Waals surface area (Å²) < 4.78 is 102. The number of aliphatic hydroxyl groups excluding tert-OH is 2. The first-order valence-corrected chi connectivity index (χ1v) is 17.4. The fourth-order valence-corrected chi connectivity index (χ4v) is 6.26. The van der Waals surface area contributed by atoms with E-state index in [2.05, 4.69) is 30.5 Å². The Balaban J connectivity index is 2.02. The molecule has 1 aromatic heterocycles. The summed E-state index contributed by atoms with van der Waals surface area (Å²) in [7, 11) is -15.1. The second kappa shape index (κ2) is 13.4. The number of fused-ring (bicyclic) bond motifs is 1. The molecule has 0 amide bonds. The van der Waals surface area contributed by atoms with Crippen molar-refractivity contribution in [2.24, 2.45) is 10.2 Å². The lowest BCUT2D eigenvalue weighted by Gasteiger charge is -2.21. The molecule has 0 radical (unpaired) electrons. The van der Waals surface area contributed by atoms with Crippen LogP contribution < -0.4 is 10.2 Å². The van der Waals surface area contributed by atoms with Crippen molar-refractivity contribution in [2.45, 2.75) is 28.5 Å². The molecule has 0 atom stereocenters. The predicted molar refractivity (Wildman–Crippen MR) is 165 cm³/mol. The van der Waals surface area contributed by atoms with Crippen LogP contribution >= 0.6 is 0 Å². The average molecular weight is 714 g/mol. The molecule has 1 heterocycles. The number of aliphatic hydroxyl groups is 2. The molecule has 7 N–H and O–H groups in total. The van der Waals surface area contributed by atoms with E-state index in [9.17, 15) is 54.2 Å². The van der Waals surface area contributed by atoms with Gasteiger partial charge in [0.1, 0.15) is 27.0 Å². The highest BCUT2D eigenvalue weighted by atomic mass is 32.2. The number of rotatable bonds is 12. The van der Waals surface area contributed by atoms with E-state index < -0.39 is 62.2 Å². The van der Waals surface area contributed by atoms with Gasteiger partial charge in [-0.1, -0.05) is 6.07 Å². The number of hydrogen-bond acceptors (Lipinski definition) is 16. The van der Waals surface area contributed by atoms with Gasteiger partial charge in [0.05, 0.1) is 23.8 Å². The van der Waals surface area contributed by atoms with Crippen molar-refractivity contribution >= 4 is 70.1 Å². The molecule has 252 valence electrons. The van der Waals surface area contributed by atoms with Crippen molar-refractivity contribution in [1.82, 2.24) is 15.0 Å². The first-order chi connectivity index (χ1) is 21.8. The van der Waals surface area contributed by atoms with Gasteiger partial charge in [-0.15, -0.1) is 10.2 Å². The Morgan fingerprint density at radius 3 is 2.00 bits per heavy atom. The van der Waals surface area contributed by atoms with Crippen LogP contribution in [0.5, 0.6) is 5.75 Å². The molecule has 47 heavy (non-hydrogen) atoms. The van der Waals surface area contributed by atoms with Crippen molar-refractivity contribution < 1.29 is 54.2 Å². The van der Waals surface area contributed by atoms with E-state index in [4.69, 9.17) is 0 Å². The topological polar surface area (TPSA) is 302 Å². The van der Waals surface area contributed by atoms with Crippen molar-refractivity contribution in [1.29, 1.82) is 0 Å². The molecule has 22 heteroatoms. The Morgan fingerprint density at radius 1 is 0.787 bits per heavy atom. The van der Waals surface area contributed by atoms with Gasteiger partial charge in [0.2, 0.25) is 11.9 Å². The minimum absolute atomic E-state index is 0.0124. The number of nitrogens with one attached hydrogen (secondary N) is 1. The van der Waals surface area contributed by atoms with Crippen LogP contribution in [0, 0.1) is 13.8 Å². The molecule has 0 spiro atoms. The van der Waals surface area contributed by atoms with Gasteiger partial charge >= 0.3 is 0 Å². The van der Waals surface area contributed by atoms with E-state index >= 15 is 0 Å². The number of anilines is 3. The van der Waals surface area contributed by atoms with Gasteiger partial charge in [-0.25, -0.2) is 0 Å². The molecular weight excluding hydrogens is 687 g/mol. The number of aromatic hydroxyl groups is 1. The summed E-state index contributed by atoms with van der Waals surface area (Å²) in [5.41, 5.74) is -1.33. The highest BCUT2D eigenvalue weighted by molar-refractivity contribution is 7.86. The molecule has 0 bridgehead atoms. The van der Waals surface area contributed by atoms with Crippen molar-refractivity contribution in [2.75, 3.05) is 36.5 Å². The maximum Gasteiger partial charge on any atom is 0.296 e. The van der Waals surface area contributed by atoms with Gasteiger partial charge in [-0.2, -0.15) is 40.2 Å². The van der Waals surface area contributed by atoms with Crippen LogP contribution in [-0.4, -0.2) is 95.5 Å². The van der Waals surface area contributed by atoms with Crippen LogP contribution in [0.2, 0.25) is 0 Å². The first kappa shape index (κ1) is 35.4. The third-order valence-corrected chi connectivity index (χ3v) is 8.94. The Bertz CT molecular complexity index is 2220. The van der Waals surface area contributed by atoms with E-state index in [1.165, 1.54) is 24.8 Å². The molecule has 4 rings (SSSR count). The quantitative estimate of drug-likeness (QED) is 0.0816. The molecule has 0 saturated heterocycles. The van der Waals surface area contributed by atoms with Crippen LogP contribution in [0.3, 0.4) is 0 Å². The molecule has 0 aliphatic heterocycles. The fourth-order valence-electron chi connectivity index (χ4n) is 4.35. The maximum atomic E-state index is 12.4. The molecule has 0 aliphatic rings. The van der Waals surface area contributed by atoms with Crippen molar-refractivity contribution in [3.63, 3.8) is 0 Å². The normalized spacial score (nSPS) is 12.6.